The number of esters is 1. The van der Waals surface area contributed by atoms with Gasteiger partial charge >= 0.3 is 5.97 Å². The first-order valence-electron chi connectivity index (χ1n) is 7.52. The summed E-state index contributed by atoms with van der Waals surface area (Å²) in [6, 6.07) is 0. The Morgan fingerprint density at radius 2 is 2.11 bits per heavy atom. The zero-order valence-corrected chi connectivity index (χ0v) is 12.6. The van der Waals surface area contributed by atoms with Crippen LogP contribution >= 0.6 is 0 Å². The van der Waals surface area contributed by atoms with Gasteiger partial charge in [-0.1, -0.05) is 6.42 Å². The normalized spacial score (nSPS) is 34.6. The van der Waals surface area contributed by atoms with Crippen LogP contribution in [0.2, 0.25) is 0 Å². The van der Waals surface area contributed by atoms with Gasteiger partial charge in [0.2, 0.25) is 0 Å². The molecule has 1 heterocycles. The number of nitrogens with zero attached hydrogens (tertiary/aromatic N) is 1. The van der Waals surface area contributed by atoms with Crippen LogP contribution in [0.4, 0.5) is 0 Å². The average Bonchev–Trinajstić information content (AvgIpc) is 2.89. The number of carbonyl (C=O) groups is 1. The average molecular weight is 268 g/mol. The lowest BCUT2D eigenvalue weighted by Gasteiger charge is -2.34. The first-order valence-corrected chi connectivity index (χ1v) is 7.52. The molecule has 0 bridgehead atoms. The smallest absolute Gasteiger partial charge is 0.326 e. The molecule has 2 rings (SSSR count). The van der Waals surface area contributed by atoms with E-state index in [1.54, 1.807) is 0 Å². The number of rotatable bonds is 4. The predicted molar refractivity (Wildman–Crippen MR) is 75.8 cm³/mol. The van der Waals surface area contributed by atoms with Crippen molar-refractivity contribution in [2.45, 2.75) is 63.5 Å². The number of nitrogens with two attached hydrogens (primary N) is 1. The van der Waals surface area contributed by atoms with Crippen molar-refractivity contribution in [2.24, 2.45) is 11.7 Å². The lowest BCUT2D eigenvalue weighted by Crippen LogP contribution is -2.52. The standard InChI is InChI=1S/C15H28N2O2/c1-14(2)8-5-10-17(14)11-7-12-6-4-9-15(12,16)13(18)19-3/h12H,4-11,16H2,1-3H3. The first kappa shape index (κ1) is 14.8. The number of ether oxygens (including phenoxy) is 1. The van der Waals surface area contributed by atoms with E-state index in [1.807, 2.05) is 0 Å². The summed E-state index contributed by atoms with van der Waals surface area (Å²) in [6.07, 6.45) is 6.42. The number of likely N-dealkylation sites (tertiary alicyclic amines) is 1. The number of hydrogen-bond acceptors (Lipinski definition) is 4. The molecule has 2 unspecified atom stereocenters. The Bertz CT molecular complexity index is 343. The highest BCUT2D eigenvalue weighted by Gasteiger charge is 2.46. The summed E-state index contributed by atoms with van der Waals surface area (Å²) in [5, 5.41) is 0. The quantitative estimate of drug-likeness (QED) is 0.792. The molecule has 110 valence electrons. The molecule has 2 atom stereocenters. The van der Waals surface area contributed by atoms with E-state index in [-0.39, 0.29) is 11.9 Å². The second-order valence-electron chi connectivity index (χ2n) is 6.81. The van der Waals surface area contributed by atoms with E-state index < -0.39 is 5.54 Å². The van der Waals surface area contributed by atoms with Crippen LogP contribution in [0.5, 0.6) is 0 Å². The molecular formula is C15H28N2O2. The molecule has 1 saturated carbocycles. The Hall–Kier alpha value is -0.610. The lowest BCUT2D eigenvalue weighted by atomic mass is 9.85. The van der Waals surface area contributed by atoms with Crippen LogP contribution in [-0.4, -0.2) is 42.1 Å². The summed E-state index contributed by atoms with van der Waals surface area (Å²) < 4.78 is 4.90. The van der Waals surface area contributed by atoms with E-state index >= 15 is 0 Å². The van der Waals surface area contributed by atoms with E-state index in [4.69, 9.17) is 10.5 Å². The fraction of sp³-hybridized carbons (Fsp3) is 0.933. The molecule has 1 aliphatic carbocycles. The molecule has 4 heteroatoms. The topological polar surface area (TPSA) is 55.6 Å². The fourth-order valence-corrected chi connectivity index (χ4v) is 3.85. The van der Waals surface area contributed by atoms with E-state index in [9.17, 15) is 4.79 Å². The molecule has 19 heavy (non-hydrogen) atoms. The molecule has 4 nitrogen and oxygen atoms in total. The molecule has 0 aromatic carbocycles. The molecule has 1 saturated heterocycles. The van der Waals surface area contributed by atoms with Crippen molar-refractivity contribution in [3.8, 4) is 0 Å². The van der Waals surface area contributed by atoms with Crippen molar-refractivity contribution in [3.63, 3.8) is 0 Å². The summed E-state index contributed by atoms with van der Waals surface area (Å²) in [5.74, 6) is 0.0482. The molecule has 0 spiro atoms. The molecule has 0 amide bonds. The molecular weight excluding hydrogens is 240 g/mol. The predicted octanol–water partition coefficient (Wildman–Crippen LogP) is 1.92. The molecule has 1 aliphatic heterocycles. The van der Waals surface area contributed by atoms with E-state index in [0.717, 1.165) is 32.2 Å². The largest absolute Gasteiger partial charge is 0.468 e. The summed E-state index contributed by atoms with van der Waals surface area (Å²) in [4.78, 5) is 14.5. The van der Waals surface area contributed by atoms with Gasteiger partial charge in [-0.2, -0.15) is 0 Å². The van der Waals surface area contributed by atoms with Crippen molar-refractivity contribution >= 4 is 5.97 Å². The molecule has 0 aromatic heterocycles. The minimum absolute atomic E-state index is 0.226. The first-order chi connectivity index (χ1) is 8.90. The third kappa shape index (κ3) is 2.79. The minimum Gasteiger partial charge on any atom is -0.468 e. The van der Waals surface area contributed by atoms with Crippen molar-refractivity contribution in [3.05, 3.63) is 0 Å². The molecule has 2 aliphatic rings. The minimum atomic E-state index is -0.737. The van der Waals surface area contributed by atoms with Gasteiger partial charge in [0, 0.05) is 5.54 Å². The van der Waals surface area contributed by atoms with Crippen molar-refractivity contribution < 1.29 is 9.53 Å². The number of carbonyl (C=O) groups excluding carboxylic acids is 1. The highest BCUT2D eigenvalue weighted by atomic mass is 16.5. The highest BCUT2D eigenvalue weighted by molar-refractivity contribution is 5.81. The van der Waals surface area contributed by atoms with Crippen molar-refractivity contribution in [2.75, 3.05) is 20.2 Å². The second kappa shape index (κ2) is 5.41. The van der Waals surface area contributed by atoms with Gasteiger partial charge in [0.25, 0.3) is 0 Å². The Kier molecular flexibility index (Phi) is 4.21. The number of methoxy groups -OCH3 is 1. The molecule has 2 N–H and O–H groups in total. The second-order valence-corrected chi connectivity index (χ2v) is 6.81. The Morgan fingerprint density at radius 3 is 2.68 bits per heavy atom. The van der Waals surface area contributed by atoms with Gasteiger partial charge < -0.3 is 10.5 Å². The zero-order valence-electron chi connectivity index (χ0n) is 12.6. The zero-order chi connectivity index (χ0) is 14.1. The summed E-state index contributed by atoms with van der Waals surface area (Å²) in [6.45, 7) is 6.85. The third-order valence-corrected chi connectivity index (χ3v) is 5.26. The maximum absolute atomic E-state index is 11.9. The van der Waals surface area contributed by atoms with Gasteiger partial charge in [0.1, 0.15) is 5.54 Å². The van der Waals surface area contributed by atoms with Gasteiger partial charge in [-0.25, -0.2) is 0 Å². The summed E-state index contributed by atoms with van der Waals surface area (Å²) >= 11 is 0. The van der Waals surface area contributed by atoms with Crippen LogP contribution < -0.4 is 5.73 Å². The van der Waals surface area contributed by atoms with Crippen LogP contribution in [0.15, 0.2) is 0 Å². The van der Waals surface area contributed by atoms with E-state index in [0.29, 0.717) is 5.54 Å². The van der Waals surface area contributed by atoms with E-state index in [2.05, 4.69) is 18.7 Å². The molecule has 0 aromatic rings. The lowest BCUT2D eigenvalue weighted by molar-refractivity contribution is -0.148. The van der Waals surface area contributed by atoms with Crippen LogP contribution in [0.25, 0.3) is 0 Å². The van der Waals surface area contributed by atoms with Crippen LogP contribution in [-0.2, 0) is 9.53 Å². The molecule has 2 fully saturated rings. The van der Waals surface area contributed by atoms with E-state index in [1.165, 1.54) is 26.5 Å². The Balaban J connectivity index is 1.93. The van der Waals surface area contributed by atoms with Crippen molar-refractivity contribution in [1.82, 2.24) is 4.90 Å². The Labute approximate surface area is 116 Å². The van der Waals surface area contributed by atoms with Crippen LogP contribution in [0.1, 0.15) is 52.4 Å². The van der Waals surface area contributed by atoms with Crippen LogP contribution in [0, 0.1) is 5.92 Å². The SMILES string of the molecule is COC(=O)C1(N)CCCC1CCN1CCCC1(C)C. The van der Waals surface area contributed by atoms with Gasteiger partial charge in [-0.05, 0) is 65.0 Å². The maximum Gasteiger partial charge on any atom is 0.326 e. The number of hydrogen-bond donors (Lipinski definition) is 1. The van der Waals surface area contributed by atoms with Gasteiger partial charge in [-0.3, -0.25) is 9.69 Å². The molecule has 0 radical (unpaired) electrons. The summed E-state index contributed by atoms with van der Waals surface area (Å²) in [5.41, 5.74) is 5.89. The third-order valence-electron chi connectivity index (χ3n) is 5.26. The Morgan fingerprint density at radius 1 is 1.37 bits per heavy atom. The van der Waals surface area contributed by atoms with Gasteiger partial charge in [0.05, 0.1) is 7.11 Å². The van der Waals surface area contributed by atoms with Gasteiger partial charge in [-0.15, -0.1) is 0 Å². The maximum atomic E-state index is 11.9. The fourth-order valence-electron chi connectivity index (χ4n) is 3.85. The van der Waals surface area contributed by atoms with Crippen molar-refractivity contribution in [1.29, 1.82) is 0 Å². The van der Waals surface area contributed by atoms with Gasteiger partial charge in [0.15, 0.2) is 0 Å². The summed E-state index contributed by atoms with van der Waals surface area (Å²) in [7, 11) is 1.44. The monoisotopic (exact) mass is 268 g/mol. The van der Waals surface area contributed by atoms with Crippen LogP contribution in [0.3, 0.4) is 0 Å². The highest BCUT2D eigenvalue weighted by Crippen LogP contribution is 2.38.